The van der Waals surface area contributed by atoms with Gasteiger partial charge in [0.1, 0.15) is 0 Å². The van der Waals surface area contributed by atoms with Gasteiger partial charge in [0.05, 0.1) is 28.1 Å². The highest BCUT2D eigenvalue weighted by Gasteiger charge is 2.27. The molecule has 0 radical (unpaired) electrons. The van der Waals surface area contributed by atoms with E-state index in [1.165, 1.54) is 30.0 Å². The molecule has 0 bridgehead atoms. The lowest BCUT2D eigenvalue weighted by molar-refractivity contribution is 0.0600. The first kappa shape index (κ1) is 17.7. The summed E-state index contributed by atoms with van der Waals surface area (Å²) < 4.78 is 46.1. The maximum absolute atomic E-state index is 12.5. The molecule has 2 rings (SSSR count). The minimum absolute atomic E-state index is 0.270. The Morgan fingerprint density at radius 1 is 1.22 bits per heavy atom. The zero-order valence-corrected chi connectivity index (χ0v) is 14.9. The highest BCUT2D eigenvalue weighted by atomic mass is 32.3. The molecule has 0 amide bonds. The van der Waals surface area contributed by atoms with Crippen LogP contribution in [0.5, 0.6) is 0 Å². The standard InChI is InChI=1S/C14H20N2O5S2/c1-21-14(17)12-7-8-13-11(10-12)6-4-5-9-16(13)23(19,20)15-22(2,3)18/h7-8,10H,4-6,9H2,1-3H3. The van der Waals surface area contributed by atoms with Crippen molar-refractivity contribution < 1.29 is 22.2 Å². The van der Waals surface area contributed by atoms with Gasteiger partial charge in [0.15, 0.2) is 0 Å². The highest BCUT2D eigenvalue weighted by molar-refractivity contribution is 8.03. The summed E-state index contributed by atoms with van der Waals surface area (Å²) in [7, 11) is -5.56. The van der Waals surface area contributed by atoms with E-state index in [1.54, 1.807) is 12.1 Å². The Balaban J connectivity index is 2.55. The van der Waals surface area contributed by atoms with Crippen molar-refractivity contribution in [3.05, 3.63) is 29.3 Å². The minimum atomic E-state index is -4.05. The molecule has 0 aliphatic carbocycles. The lowest BCUT2D eigenvalue weighted by atomic mass is 10.0. The van der Waals surface area contributed by atoms with Crippen LogP contribution in [0.2, 0.25) is 0 Å². The summed E-state index contributed by atoms with van der Waals surface area (Å²) in [5, 5.41) is 0. The van der Waals surface area contributed by atoms with E-state index in [4.69, 9.17) is 4.74 Å². The molecule has 9 heteroatoms. The van der Waals surface area contributed by atoms with E-state index in [-0.39, 0.29) is 6.54 Å². The summed E-state index contributed by atoms with van der Waals surface area (Å²) in [6, 6.07) is 4.74. The van der Waals surface area contributed by atoms with E-state index in [9.17, 15) is 17.4 Å². The average Bonchev–Trinajstić information content (AvgIpc) is 2.65. The number of fused-ring (bicyclic) bond motifs is 1. The normalized spacial score (nSPS) is 15.5. The minimum Gasteiger partial charge on any atom is -0.465 e. The Morgan fingerprint density at radius 2 is 1.91 bits per heavy atom. The third kappa shape index (κ3) is 4.23. The quantitative estimate of drug-likeness (QED) is 0.763. The van der Waals surface area contributed by atoms with Gasteiger partial charge in [-0.1, -0.05) is 3.77 Å². The van der Waals surface area contributed by atoms with Crippen LogP contribution in [0.4, 0.5) is 5.69 Å². The van der Waals surface area contributed by atoms with Crippen molar-refractivity contribution in [1.29, 1.82) is 0 Å². The molecule has 0 fully saturated rings. The number of esters is 1. The molecule has 0 spiro atoms. The van der Waals surface area contributed by atoms with Gasteiger partial charge in [-0.25, -0.2) is 9.00 Å². The fourth-order valence-corrected chi connectivity index (χ4v) is 5.39. The zero-order valence-electron chi connectivity index (χ0n) is 13.3. The maximum atomic E-state index is 12.5. The summed E-state index contributed by atoms with van der Waals surface area (Å²) in [5.41, 5.74) is 1.59. The third-order valence-corrected chi connectivity index (χ3v) is 6.50. The lowest BCUT2D eigenvalue weighted by Crippen LogP contribution is -2.31. The van der Waals surface area contributed by atoms with E-state index >= 15 is 0 Å². The average molecular weight is 360 g/mol. The second-order valence-corrected chi connectivity index (χ2v) is 9.89. The number of carbonyl (C=O) groups excluding carboxylic acids is 1. The molecule has 1 heterocycles. The summed E-state index contributed by atoms with van der Waals surface area (Å²) in [6.07, 6.45) is 4.66. The monoisotopic (exact) mass is 360 g/mol. The van der Waals surface area contributed by atoms with Gasteiger partial charge >= 0.3 is 16.2 Å². The number of anilines is 1. The van der Waals surface area contributed by atoms with Gasteiger partial charge in [0.2, 0.25) is 0 Å². The number of carbonyl (C=O) groups is 1. The van der Waals surface area contributed by atoms with Crippen molar-refractivity contribution >= 4 is 31.6 Å². The first-order valence-electron chi connectivity index (χ1n) is 7.06. The van der Waals surface area contributed by atoms with E-state index in [0.717, 1.165) is 12.0 Å². The molecular formula is C14H20N2O5S2. The number of aryl methyl sites for hydroxylation is 1. The molecule has 0 unspecified atom stereocenters. The lowest BCUT2D eigenvalue weighted by Gasteiger charge is -2.22. The van der Waals surface area contributed by atoms with Gasteiger partial charge in [-0.3, -0.25) is 4.31 Å². The smallest absolute Gasteiger partial charge is 0.352 e. The molecule has 0 N–H and O–H groups in total. The molecule has 1 aliphatic heterocycles. The molecule has 7 nitrogen and oxygen atoms in total. The molecule has 1 aromatic rings. The number of rotatable bonds is 3. The number of benzene rings is 1. The van der Waals surface area contributed by atoms with Crippen molar-refractivity contribution in [3.8, 4) is 0 Å². The van der Waals surface area contributed by atoms with E-state index in [0.29, 0.717) is 24.1 Å². The van der Waals surface area contributed by atoms with Crippen LogP contribution >= 0.6 is 0 Å². The molecule has 128 valence electrons. The fraction of sp³-hybridized carbons (Fsp3) is 0.500. The molecular weight excluding hydrogens is 340 g/mol. The van der Waals surface area contributed by atoms with E-state index in [2.05, 4.69) is 3.77 Å². The van der Waals surface area contributed by atoms with E-state index < -0.39 is 25.9 Å². The Kier molecular flexibility index (Phi) is 5.00. The second-order valence-electron chi connectivity index (χ2n) is 5.60. The van der Waals surface area contributed by atoms with Crippen molar-refractivity contribution in [2.45, 2.75) is 19.3 Å². The number of nitrogens with zero attached hydrogens (tertiary/aromatic N) is 2. The van der Waals surface area contributed by atoms with Crippen LogP contribution in [0.3, 0.4) is 0 Å². The Labute approximate surface area is 137 Å². The molecule has 23 heavy (non-hydrogen) atoms. The summed E-state index contributed by atoms with van der Waals surface area (Å²) in [5.74, 6) is -0.471. The van der Waals surface area contributed by atoms with Crippen LogP contribution in [-0.4, -0.2) is 44.8 Å². The molecule has 0 aromatic heterocycles. The Morgan fingerprint density at radius 3 is 2.52 bits per heavy atom. The first-order valence-corrected chi connectivity index (χ1v) is 10.8. The predicted molar refractivity (Wildman–Crippen MR) is 89.4 cm³/mol. The Hall–Kier alpha value is -1.61. The molecule has 1 aliphatic rings. The van der Waals surface area contributed by atoms with Gasteiger partial charge in [-0.2, -0.15) is 8.42 Å². The number of ether oxygens (including phenoxy) is 1. The SMILES string of the molecule is COC(=O)c1ccc2c(c1)CCCCN2S(=O)(=O)N=S(C)(C)=O. The maximum Gasteiger partial charge on any atom is 0.352 e. The molecule has 0 atom stereocenters. The van der Waals surface area contributed by atoms with Gasteiger partial charge < -0.3 is 4.74 Å². The largest absolute Gasteiger partial charge is 0.465 e. The number of hydrogen-bond acceptors (Lipinski definition) is 5. The van der Waals surface area contributed by atoms with Crippen LogP contribution in [-0.2, 0) is 31.1 Å². The van der Waals surface area contributed by atoms with Crippen LogP contribution in [0.15, 0.2) is 22.0 Å². The first-order chi connectivity index (χ1) is 10.6. The molecule has 0 saturated carbocycles. The van der Waals surface area contributed by atoms with Crippen molar-refractivity contribution in [2.24, 2.45) is 3.77 Å². The van der Waals surface area contributed by atoms with Gasteiger partial charge in [-0.05, 0) is 43.0 Å². The van der Waals surface area contributed by atoms with Crippen molar-refractivity contribution in [2.75, 3.05) is 30.5 Å². The van der Waals surface area contributed by atoms with Gasteiger partial charge in [0, 0.05) is 19.1 Å². The Bertz CT molecular complexity index is 831. The van der Waals surface area contributed by atoms with Crippen LogP contribution < -0.4 is 4.31 Å². The highest BCUT2D eigenvalue weighted by Crippen LogP contribution is 2.30. The van der Waals surface area contributed by atoms with Crippen molar-refractivity contribution in [1.82, 2.24) is 0 Å². The second kappa shape index (κ2) is 6.48. The summed E-state index contributed by atoms with van der Waals surface area (Å²) in [4.78, 5) is 11.6. The number of hydrogen-bond donors (Lipinski definition) is 0. The van der Waals surface area contributed by atoms with Crippen molar-refractivity contribution in [3.63, 3.8) is 0 Å². The third-order valence-electron chi connectivity index (χ3n) is 3.38. The molecule has 1 aromatic carbocycles. The fourth-order valence-electron chi connectivity index (χ4n) is 2.47. The zero-order chi connectivity index (χ0) is 17.3. The van der Waals surface area contributed by atoms with Gasteiger partial charge in [0.25, 0.3) is 0 Å². The summed E-state index contributed by atoms with van der Waals surface area (Å²) in [6.45, 7) is 0.270. The molecule has 0 saturated heterocycles. The van der Waals surface area contributed by atoms with Crippen LogP contribution in [0, 0.1) is 0 Å². The van der Waals surface area contributed by atoms with Crippen LogP contribution in [0.1, 0.15) is 28.8 Å². The number of methoxy groups -OCH3 is 1. The van der Waals surface area contributed by atoms with Crippen LogP contribution in [0.25, 0.3) is 0 Å². The topological polar surface area (TPSA) is 93.1 Å². The van der Waals surface area contributed by atoms with E-state index in [1.807, 2.05) is 0 Å². The summed E-state index contributed by atoms with van der Waals surface area (Å²) >= 11 is 0. The predicted octanol–water partition coefficient (Wildman–Crippen LogP) is 1.59. The van der Waals surface area contributed by atoms with Gasteiger partial charge in [-0.15, -0.1) is 0 Å².